The van der Waals surface area contributed by atoms with Crippen LogP contribution < -0.4 is 4.90 Å². The van der Waals surface area contributed by atoms with Crippen molar-refractivity contribution in [2.75, 3.05) is 38.3 Å². The van der Waals surface area contributed by atoms with E-state index in [1.165, 1.54) is 11.3 Å². The van der Waals surface area contributed by atoms with Gasteiger partial charge in [-0.15, -0.1) is 0 Å². The molecule has 22 heavy (non-hydrogen) atoms. The number of hydrogen-bond acceptors (Lipinski definition) is 3. The number of anilines is 1. The van der Waals surface area contributed by atoms with E-state index in [1.807, 2.05) is 11.9 Å². The monoisotopic (exact) mass is 304 g/mol. The zero-order chi connectivity index (χ0) is 16.2. The largest absolute Gasteiger partial charge is 0.378 e. The number of rotatable bonds is 4. The van der Waals surface area contributed by atoms with E-state index in [2.05, 4.69) is 49.9 Å². The third-order valence-corrected chi connectivity index (χ3v) is 3.84. The van der Waals surface area contributed by atoms with Crippen LogP contribution in [0.1, 0.15) is 32.8 Å². The number of hydrogen-bond donors (Lipinski definition) is 0. The van der Waals surface area contributed by atoms with Crippen molar-refractivity contribution >= 4 is 11.6 Å². The number of nitrogens with zero attached hydrogens (tertiary/aromatic N) is 2. The highest BCUT2D eigenvalue weighted by molar-refractivity contribution is 5.76. The SMILES string of the molecule is CN(Cc1ccc(N2CCOCC2)cc1)C(=O)CC(C)(C)C. The molecule has 0 unspecified atom stereocenters. The normalized spacial score (nSPS) is 15.7. The molecule has 4 nitrogen and oxygen atoms in total. The molecule has 1 aliphatic rings. The zero-order valence-electron chi connectivity index (χ0n) is 14.3. The third-order valence-electron chi connectivity index (χ3n) is 3.84. The highest BCUT2D eigenvalue weighted by atomic mass is 16.5. The van der Waals surface area contributed by atoms with Crippen molar-refractivity contribution in [3.05, 3.63) is 29.8 Å². The summed E-state index contributed by atoms with van der Waals surface area (Å²) in [6, 6.07) is 8.52. The smallest absolute Gasteiger partial charge is 0.223 e. The first-order chi connectivity index (χ1) is 10.3. The van der Waals surface area contributed by atoms with E-state index < -0.39 is 0 Å². The van der Waals surface area contributed by atoms with Gasteiger partial charge >= 0.3 is 0 Å². The lowest BCUT2D eigenvalue weighted by Crippen LogP contribution is -2.36. The molecule has 0 aromatic heterocycles. The predicted molar refractivity (Wildman–Crippen MR) is 90.0 cm³/mol. The molecule has 4 heteroatoms. The summed E-state index contributed by atoms with van der Waals surface area (Å²) in [4.78, 5) is 16.3. The first-order valence-electron chi connectivity index (χ1n) is 8.01. The van der Waals surface area contributed by atoms with E-state index in [-0.39, 0.29) is 11.3 Å². The number of ether oxygens (including phenoxy) is 1. The topological polar surface area (TPSA) is 32.8 Å². The van der Waals surface area contributed by atoms with Crippen LogP contribution in [0.4, 0.5) is 5.69 Å². The summed E-state index contributed by atoms with van der Waals surface area (Å²) in [5.41, 5.74) is 2.43. The first kappa shape index (κ1) is 16.8. The van der Waals surface area contributed by atoms with Crippen molar-refractivity contribution < 1.29 is 9.53 Å². The minimum absolute atomic E-state index is 0.0333. The standard InChI is InChI=1S/C18H28N2O2/c1-18(2,3)13-17(21)19(4)14-15-5-7-16(8-6-15)20-9-11-22-12-10-20/h5-8H,9-14H2,1-4H3. The fourth-order valence-corrected chi connectivity index (χ4v) is 2.58. The van der Waals surface area contributed by atoms with Crippen LogP contribution in [0.2, 0.25) is 0 Å². The molecule has 0 atom stereocenters. The maximum absolute atomic E-state index is 12.2. The summed E-state index contributed by atoms with van der Waals surface area (Å²) in [6.45, 7) is 10.4. The lowest BCUT2D eigenvalue weighted by Gasteiger charge is -2.29. The van der Waals surface area contributed by atoms with E-state index in [0.717, 1.165) is 26.3 Å². The lowest BCUT2D eigenvalue weighted by molar-refractivity contribution is -0.132. The van der Waals surface area contributed by atoms with E-state index in [4.69, 9.17) is 4.74 Å². The second-order valence-corrected chi connectivity index (χ2v) is 7.25. The Hall–Kier alpha value is -1.55. The fourth-order valence-electron chi connectivity index (χ4n) is 2.58. The third kappa shape index (κ3) is 5.02. The van der Waals surface area contributed by atoms with E-state index in [1.54, 1.807) is 0 Å². The number of morpholine rings is 1. The van der Waals surface area contributed by atoms with Crippen molar-refractivity contribution in [2.45, 2.75) is 33.7 Å². The molecular formula is C18H28N2O2. The molecule has 0 bridgehead atoms. The van der Waals surface area contributed by atoms with Gasteiger partial charge in [0.15, 0.2) is 0 Å². The Morgan fingerprint density at radius 1 is 1.18 bits per heavy atom. The van der Waals surface area contributed by atoms with Gasteiger partial charge in [-0.1, -0.05) is 32.9 Å². The summed E-state index contributed by atoms with van der Waals surface area (Å²) in [6.07, 6.45) is 0.579. The van der Waals surface area contributed by atoms with Gasteiger partial charge in [0.2, 0.25) is 5.91 Å². The van der Waals surface area contributed by atoms with Gasteiger partial charge in [-0.2, -0.15) is 0 Å². The first-order valence-corrected chi connectivity index (χ1v) is 8.01. The Bertz CT molecular complexity index is 485. The minimum atomic E-state index is 0.0333. The van der Waals surface area contributed by atoms with Crippen molar-refractivity contribution in [3.63, 3.8) is 0 Å². The Labute approximate surface area is 134 Å². The van der Waals surface area contributed by atoms with Gasteiger partial charge in [-0.25, -0.2) is 0 Å². The van der Waals surface area contributed by atoms with Crippen LogP contribution in [0, 0.1) is 5.41 Å². The lowest BCUT2D eigenvalue weighted by atomic mass is 9.91. The molecule has 1 aromatic rings. The fraction of sp³-hybridized carbons (Fsp3) is 0.611. The molecule has 122 valence electrons. The maximum Gasteiger partial charge on any atom is 0.223 e. The quantitative estimate of drug-likeness (QED) is 0.857. The number of benzene rings is 1. The molecule has 0 N–H and O–H groups in total. The second kappa shape index (κ2) is 7.14. The minimum Gasteiger partial charge on any atom is -0.378 e. The van der Waals surface area contributed by atoms with Gasteiger partial charge in [0, 0.05) is 38.8 Å². The zero-order valence-corrected chi connectivity index (χ0v) is 14.3. The number of amides is 1. The van der Waals surface area contributed by atoms with Crippen molar-refractivity contribution in [2.24, 2.45) is 5.41 Å². The molecule has 0 saturated carbocycles. The molecule has 1 fully saturated rings. The number of carbonyl (C=O) groups is 1. The van der Waals surface area contributed by atoms with Gasteiger partial charge in [-0.3, -0.25) is 4.79 Å². The van der Waals surface area contributed by atoms with Crippen LogP contribution in [0.3, 0.4) is 0 Å². The molecule has 1 saturated heterocycles. The molecule has 2 rings (SSSR count). The van der Waals surface area contributed by atoms with E-state index in [0.29, 0.717) is 13.0 Å². The van der Waals surface area contributed by atoms with Gasteiger partial charge in [0.25, 0.3) is 0 Å². The summed E-state index contributed by atoms with van der Waals surface area (Å²) >= 11 is 0. The van der Waals surface area contributed by atoms with Crippen LogP contribution >= 0.6 is 0 Å². The molecule has 1 amide bonds. The Balaban J connectivity index is 1.91. The Morgan fingerprint density at radius 2 is 1.77 bits per heavy atom. The molecule has 0 spiro atoms. The number of carbonyl (C=O) groups excluding carboxylic acids is 1. The van der Waals surface area contributed by atoms with E-state index in [9.17, 15) is 4.79 Å². The van der Waals surface area contributed by atoms with Crippen molar-refractivity contribution in [3.8, 4) is 0 Å². The van der Waals surface area contributed by atoms with Crippen LogP contribution in [0.15, 0.2) is 24.3 Å². The predicted octanol–water partition coefficient (Wildman–Crippen LogP) is 2.92. The molecular weight excluding hydrogens is 276 g/mol. The maximum atomic E-state index is 12.2. The van der Waals surface area contributed by atoms with Gasteiger partial charge in [0.1, 0.15) is 0 Å². The Morgan fingerprint density at radius 3 is 2.32 bits per heavy atom. The van der Waals surface area contributed by atoms with Crippen molar-refractivity contribution in [1.82, 2.24) is 4.90 Å². The van der Waals surface area contributed by atoms with Gasteiger partial charge < -0.3 is 14.5 Å². The molecule has 1 aliphatic heterocycles. The van der Waals surface area contributed by atoms with Crippen LogP contribution in [-0.2, 0) is 16.1 Å². The Kier molecular flexibility index (Phi) is 5.46. The van der Waals surface area contributed by atoms with Crippen LogP contribution in [0.5, 0.6) is 0 Å². The highest BCUT2D eigenvalue weighted by Crippen LogP contribution is 2.21. The molecule has 1 heterocycles. The molecule has 1 aromatic carbocycles. The summed E-state index contributed by atoms with van der Waals surface area (Å²) in [5, 5.41) is 0. The summed E-state index contributed by atoms with van der Waals surface area (Å²) in [5.74, 6) is 0.199. The van der Waals surface area contributed by atoms with Crippen LogP contribution in [0.25, 0.3) is 0 Å². The van der Waals surface area contributed by atoms with Gasteiger partial charge in [0.05, 0.1) is 13.2 Å². The molecule has 0 aliphatic carbocycles. The average Bonchev–Trinajstić information content (AvgIpc) is 2.47. The highest BCUT2D eigenvalue weighted by Gasteiger charge is 2.19. The average molecular weight is 304 g/mol. The summed E-state index contributed by atoms with van der Waals surface area (Å²) in [7, 11) is 1.88. The second-order valence-electron chi connectivity index (χ2n) is 7.25. The van der Waals surface area contributed by atoms with E-state index >= 15 is 0 Å². The van der Waals surface area contributed by atoms with Crippen molar-refractivity contribution in [1.29, 1.82) is 0 Å². The molecule has 0 radical (unpaired) electrons. The van der Waals surface area contributed by atoms with Crippen LogP contribution in [-0.4, -0.2) is 44.2 Å². The summed E-state index contributed by atoms with van der Waals surface area (Å²) < 4.78 is 5.38. The van der Waals surface area contributed by atoms with Gasteiger partial charge in [-0.05, 0) is 23.1 Å².